The SMILES string of the molecule is O=C1c2c(O)c(=O)cnn2[C@@H]([C@H](c2ccccc2)c2ccc(F)cc2F)[C@H]2CCCN12. The number of nitrogens with zero attached hydrogens (tertiary/aromatic N) is 3. The second-order valence-corrected chi connectivity index (χ2v) is 7.90. The van der Waals surface area contributed by atoms with E-state index in [2.05, 4.69) is 5.10 Å². The van der Waals surface area contributed by atoms with E-state index in [9.17, 15) is 19.1 Å². The van der Waals surface area contributed by atoms with Crippen LogP contribution in [0.2, 0.25) is 0 Å². The molecule has 2 aliphatic heterocycles. The van der Waals surface area contributed by atoms with Gasteiger partial charge in [0, 0.05) is 18.5 Å². The number of benzene rings is 2. The molecule has 3 heterocycles. The first-order valence-electron chi connectivity index (χ1n) is 10.1. The van der Waals surface area contributed by atoms with Crippen molar-refractivity contribution >= 4 is 5.91 Å². The molecule has 1 fully saturated rings. The average molecular weight is 423 g/mol. The van der Waals surface area contributed by atoms with Crippen molar-refractivity contribution in [2.75, 3.05) is 6.54 Å². The van der Waals surface area contributed by atoms with E-state index in [1.165, 1.54) is 16.8 Å². The second-order valence-electron chi connectivity index (χ2n) is 7.90. The Morgan fingerprint density at radius 1 is 1.10 bits per heavy atom. The Morgan fingerprint density at radius 2 is 1.87 bits per heavy atom. The molecule has 1 aromatic heterocycles. The van der Waals surface area contributed by atoms with Gasteiger partial charge in [0.25, 0.3) is 5.91 Å². The molecule has 0 radical (unpaired) electrons. The number of rotatable bonds is 3. The Hall–Kier alpha value is -3.55. The molecule has 1 amide bonds. The third-order valence-corrected chi connectivity index (χ3v) is 6.22. The summed E-state index contributed by atoms with van der Waals surface area (Å²) in [5, 5.41) is 14.6. The van der Waals surface area contributed by atoms with Crippen LogP contribution in [-0.4, -0.2) is 38.3 Å². The Labute approximate surface area is 176 Å². The third kappa shape index (κ3) is 3.01. The van der Waals surface area contributed by atoms with Crippen molar-refractivity contribution in [3.05, 3.63) is 93.4 Å². The second kappa shape index (κ2) is 7.30. The lowest BCUT2D eigenvalue weighted by Crippen LogP contribution is -2.51. The third-order valence-electron chi connectivity index (χ3n) is 6.22. The van der Waals surface area contributed by atoms with Gasteiger partial charge in [-0.1, -0.05) is 36.4 Å². The summed E-state index contributed by atoms with van der Waals surface area (Å²) in [6.45, 7) is 0.468. The highest BCUT2D eigenvalue weighted by molar-refractivity contribution is 5.96. The van der Waals surface area contributed by atoms with Crippen molar-refractivity contribution in [3.63, 3.8) is 0 Å². The maximum Gasteiger partial charge on any atom is 0.276 e. The lowest BCUT2D eigenvalue weighted by molar-refractivity contribution is 0.0564. The van der Waals surface area contributed by atoms with Crippen molar-refractivity contribution in [1.82, 2.24) is 14.7 Å². The van der Waals surface area contributed by atoms with Crippen LogP contribution in [0.4, 0.5) is 8.78 Å². The summed E-state index contributed by atoms with van der Waals surface area (Å²) in [6, 6.07) is 11.7. The smallest absolute Gasteiger partial charge is 0.276 e. The largest absolute Gasteiger partial charge is 0.502 e. The van der Waals surface area contributed by atoms with Gasteiger partial charge in [-0.05, 0) is 30.0 Å². The monoisotopic (exact) mass is 423 g/mol. The van der Waals surface area contributed by atoms with Crippen molar-refractivity contribution in [2.24, 2.45) is 0 Å². The van der Waals surface area contributed by atoms with Crippen LogP contribution < -0.4 is 5.43 Å². The van der Waals surface area contributed by atoms with Gasteiger partial charge in [-0.3, -0.25) is 14.3 Å². The molecule has 2 aromatic carbocycles. The van der Waals surface area contributed by atoms with Crippen LogP contribution in [0.3, 0.4) is 0 Å². The number of fused-ring (bicyclic) bond motifs is 2. The predicted octanol–water partition coefficient (Wildman–Crippen LogP) is 3.22. The molecule has 8 heteroatoms. The number of halogens is 2. The van der Waals surface area contributed by atoms with Gasteiger partial charge in [0.2, 0.25) is 5.43 Å². The minimum atomic E-state index is -0.750. The molecule has 2 aliphatic rings. The summed E-state index contributed by atoms with van der Waals surface area (Å²) in [7, 11) is 0. The molecule has 0 saturated carbocycles. The Morgan fingerprint density at radius 3 is 2.61 bits per heavy atom. The van der Waals surface area contributed by atoms with E-state index in [1.807, 2.05) is 30.3 Å². The summed E-state index contributed by atoms with van der Waals surface area (Å²) in [5.74, 6) is -3.15. The van der Waals surface area contributed by atoms with Gasteiger partial charge in [-0.25, -0.2) is 8.78 Å². The first kappa shape index (κ1) is 19.4. The minimum Gasteiger partial charge on any atom is -0.502 e. The van der Waals surface area contributed by atoms with Crippen LogP contribution in [0.25, 0.3) is 0 Å². The zero-order valence-electron chi connectivity index (χ0n) is 16.4. The molecule has 3 atom stereocenters. The highest BCUT2D eigenvalue weighted by Crippen LogP contribution is 2.46. The molecule has 3 aromatic rings. The van der Waals surface area contributed by atoms with Crippen LogP contribution in [0, 0.1) is 11.6 Å². The van der Waals surface area contributed by atoms with E-state index >= 15 is 4.39 Å². The highest BCUT2D eigenvalue weighted by Gasteiger charge is 2.48. The summed E-state index contributed by atoms with van der Waals surface area (Å²) in [4.78, 5) is 26.7. The van der Waals surface area contributed by atoms with Crippen molar-refractivity contribution in [1.29, 1.82) is 0 Å². The van der Waals surface area contributed by atoms with E-state index in [0.717, 1.165) is 24.2 Å². The maximum atomic E-state index is 15.0. The first-order valence-corrected chi connectivity index (χ1v) is 10.1. The lowest BCUT2D eigenvalue weighted by Gasteiger charge is -2.42. The van der Waals surface area contributed by atoms with E-state index in [-0.39, 0.29) is 17.3 Å². The topological polar surface area (TPSA) is 75.4 Å². The van der Waals surface area contributed by atoms with E-state index in [1.54, 1.807) is 4.90 Å². The van der Waals surface area contributed by atoms with Crippen molar-refractivity contribution < 1.29 is 18.7 Å². The number of carbonyl (C=O) groups is 1. The predicted molar refractivity (Wildman–Crippen MR) is 108 cm³/mol. The van der Waals surface area contributed by atoms with Gasteiger partial charge in [0.15, 0.2) is 11.4 Å². The van der Waals surface area contributed by atoms with Crippen LogP contribution in [0.1, 0.15) is 46.4 Å². The first-order chi connectivity index (χ1) is 15.0. The quantitative estimate of drug-likeness (QED) is 0.702. The fourth-order valence-electron chi connectivity index (χ4n) is 4.92. The number of hydrogen-bond donors (Lipinski definition) is 1. The van der Waals surface area contributed by atoms with Crippen LogP contribution in [-0.2, 0) is 0 Å². The van der Waals surface area contributed by atoms with Gasteiger partial charge >= 0.3 is 0 Å². The fraction of sp³-hybridized carbons (Fsp3) is 0.261. The standard InChI is InChI=1S/C23H19F2N3O3/c24-14-8-9-15(16(25)11-14)19(13-5-2-1-3-6-13)20-17-7-4-10-27(17)23(31)21-22(30)18(29)12-26-28(20)21/h1-3,5-6,8-9,11-12,17,19-20,30H,4,7,10H2/t17-,19-,20-/m1/s1. The molecule has 1 saturated heterocycles. The summed E-state index contributed by atoms with van der Waals surface area (Å²) in [6.07, 6.45) is 2.36. The van der Waals surface area contributed by atoms with Gasteiger partial charge in [-0.2, -0.15) is 5.10 Å². The molecule has 0 spiro atoms. The van der Waals surface area contributed by atoms with Crippen molar-refractivity contribution in [3.8, 4) is 5.75 Å². The molecule has 5 rings (SSSR count). The average Bonchev–Trinajstić information content (AvgIpc) is 3.25. The number of aromatic nitrogens is 2. The molecule has 158 valence electrons. The van der Waals surface area contributed by atoms with Gasteiger partial charge in [-0.15, -0.1) is 0 Å². The summed E-state index contributed by atoms with van der Waals surface area (Å²) >= 11 is 0. The van der Waals surface area contributed by atoms with E-state index in [0.29, 0.717) is 13.0 Å². The van der Waals surface area contributed by atoms with Gasteiger partial charge < -0.3 is 10.0 Å². The van der Waals surface area contributed by atoms with Gasteiger partial charge in [0.05, 0.1) is 18.3 Å². The van der Waals surface area contributed by atoms with Crippen LogP contribution in [0.15, 0.2) is 59.5 Å². The van der Waals surface area contributed by atoms with E-state index < -0.39 is 40.7 Å². The summed E-state index contributed by atoms with van der Waals surface area (Å²) in [5.41, 5.74) is 0.0641. The molecular formula is C23H19F2N3O3. The molecule has 0 unspecified atom stereocenters. The minimum absolute atomic E-state index is 0.195. The fourth-order valence-corrected chi connectivity index (χ4v) is 4.92. The Balaban J connectivity index is 1.79. The zero-order chi connectivity index (χ0) is 21.7. The molecule has 0 aliphatic carbocycles. The molecular weight excluding hydrogens is 404 g/mol. The number of hydrogen-bond acceptors (Lipinski definition) is 4. The summed E-state index contributed by atoms with van der Waals surface area (Å²) < 4.78 is 30.1. The number of aromatic hydroxyl groups is 1. The highest BCUT2D eigenvalue weighted by atomic mass is 19.1. The maximum absolute atomic E-state index is 15.0. The van der Waals surface area contributed by atoms with E-state index in [4.69, 9.17) is 0 Å². The lowest BCUT2D eigenvalue weighted by atomic mass is 9.79. The van der Waals surface area contributed by atoms with Crippen LogP contribution in [0.5, 0.6) is 5.75 Å². The zero-order valence-corrected chi connectivity index (χ0v) is 16.4. The Bertz CT molecular complexity index is 1230. The normalized spacial score (nSPS) is 21.0. The molecule has 0 bridgehead atoms. The molecule has 31 heavy (non-hydrogen) atoms. The van der Waals surface area contributed by atoms with Crippen molar-refractivity contribution in [2.45, 2.75) is 30.8 Å². The molecule has 6 nitrogen and oxygen atoms in total. The number of carbonyl (C=O) groups excluding carboxylic acids is 1. The number of amides is 1. The van der Waals surface area contributed by atoms with Gasteiger partial charge in [0.1, 0.15) is 11.6 Å². The molecule has 1 N–H and O–H groups in total. The Kier molecular flexibility index (Phi) is 4.57. The van der Waals surface area contributed by atoms with Crippen LogP contribution >= 0.6 is 0 Å².